The SMILES string of the molecule is O=C(NCC1CCN(S(=O)(=O)c2ccc(Cl)c([N+](=O)[O-])c2)C1)C1CCCCCCC1. The standard InChI is InChI=1S/C20H28ClN3O5S/c21-18-9-8-17(12-19(18)24(26)27)30(28,29)23-11-10-15(14-23)13-22-20(25)16-6-4-2-1-3-5-7-16/h8-9,12,15-16H,1-7,10-11,13-14H2,(H,22,25). The highest BCUT2D eigenvalue weighted by Crippen LogP contribution is 2.30. The van der Waals surface area contributed by atoms with Crippen molar-refractivity contribution < 1.29 is 18.1 Å². The van der Waals surface area contributed by atoms with Crippen molar-refractivity contribution in [1.82, 2.24) is 9.62 Å². The molecule has 166 valence electrons. The summed E-state index contributed by atoms with van der Waals surface area (Å²) < 4.78 is 27.1. The second-order valence-electron chi connectivity index (χ2n) is 8.18. The van der Waals surface area contributed by atoms with Crippen LogP contribution in [0.2, 0.25) is 5.02 Å². The maximum absolute atomic E-state index is 12.9. The lowest BCUT2D eigenvalue weighted by Crippen LogP contribution is -2.36. The van der Waals surface area contributed by atoms with E-state index in [1.54, 1.807) is 0 Å². The number of amides is 1. The number of nitro benzene ring substituents is 1. The Morgan fingerprint density at radius 3 is 2.50 bits per heavy atom. The molecule has 1 heterocycles. The number of sulfonamides is 1. The molecule has 1 aromatic rings. The van der Waals surface area contributed by atoms with Crippen LogP contribution in [-0.2, 0) is 14.8 Å². The van der Waals surface area contributed by atoms with Gasteiger partial charge in [0.25, 0.3) is 5.69 Å². The molecule has 0 radical (unpaired) electrons. The van der Waals surface area contributed by atoms with Crippen LogP contribution in [0.4, 0.5) is 5.69 Å². The van der Waals surface area contributed by atoms with Gasteiger partial charge in [0.15, 0.2) is 0 Å². The number of carbonyl (C=O) groups is 1. The summed E-state index contributed by atoms with van der Waals surface area (Å²) in [5.74, 6) is 0.159. The van der Waals surface area contributed by atoms with E-state index in [1.165, 1.54) is 35.7 Å². The molecule has 1 aliphatic heterocycles. The van der Waals surface area contributed by atoms with Gasteiger partial charge in [-0.05, 0) is 37.3 Å². The number of benzene rings is 1. The number of carbonyl (C=O) groups excluding carboxylic acids is 1. The maximum Gasteiger partial charge on any atom is 0.289 e. The van der Waals surface area contributed by atoms with Crippen LogP contribution in [0.5, 0.6) is 0 Å². The Labute approximate surface area is 182 Å². The van der Waals surface area contributed by atoms with Gasteiger partial charge in [0.1, 0.15) is 5.02 Å². The summed E-state index contributed by atoms with van der Waals surface area (Å²) >= 11 is 5.79. The van der Waals surface area contributed by atoms with Gasteiger partial charge in [-0.1, -0.05) is 43.7 Å². The Balaban J connectivity index is 1.57. The molecule has 2 fully saturated rings. The van der Waals surface area contributed by atoms with Crippen molar-refractivity contribution in [3.05, 3.63) is 33.3 Å². The zero-order valence-electron chi connectivity index (χ0n) is 16.9. The third-order valence-corrected chi connectivity index (χ3v) is 8.22. The van der Waals surface area contributed by atoms with Gasteiger partial charge in [0, 0.05) is 31.6 Å². The van der Waals surface area contributed by atoms with Crippen molar-refractivity contribution in [2.24, 2.45) is 11.8 Å². The lowest BCUT2D eigenvalue weighted by Gasteiger charge is -2.20. The summed E-state index contributed by atoms with van der Waals surface area (Å²) in [6.07, 6.45) is 8.27. The zero-order valence-corrected chi connectivity index (χ0v) is 18.5. The van der Waals surface area contributed by atoms with Crippen LogP contribution in [0, 0.1) is 22.0 Å². The van der Waals surface area contributed by atoms with Crippen LogP contribution < -0.4 is 5.32 Å². The smallest absolute Gasteiger partial charge is 0.289 e. The Kier molecular flexibility index (Phi) is 7.70. The molecule has 1 atom stereocenters. The third-order valence-electron chi connectivity index (χ3n) is 6.04. The van der Waals surface area contributed by atoms with Crippen molar-refractivity contribution in [2.75, 3.05) is 19.6 Å². The van der Waals surface area contributed by atoms with Crippen LogP contribution >= 0.6 is 11.6 Å². The molecule has 30 heavy (non-hydrogen) atoms. The molecule has 3 rings (SSSR count). The van der Waals surface area contributed by atoms with Gasteiger partial charge >= 0.3 is 0 Å². The second-order valence-corrected chi connectivity index (χ2v) is 10.5. The molecule has 2 aliphatic rings. The maximum atomic E-state index is 12.9. The first-order valence-corrected chi connectivity index (χ1v) is 12.3. The van der Waals surface area contributed by atoms with Crippen LogP contribution in [0.3, 0.4) is 0 Å². The number of hydrogen-bond donors (Lipinski definition) is 1. The number of hydrogen-bond acceptors (Lipinski definition) is 5. The van der Waals surface area contributed by atoms with E-state index in [0.717, 1.165) is 31.7 Å². The molecular weight excluding hydrogens is 430 g/mol. The van der Waals surface area contributed by atoms with Crippen molar-refractivity contribution >= 4 is 33.2 Å². The van der Waals surface area contributed by atoms with Crippen LogP contribution in [-0.4, -0.2) is 43.2 Å². The lowest BCUT2D eigenvalue weighted by atomic mass is 9.90. The van der Waals surface area contributed by atoms with Gasteiger partial charge < -0.3 is 5.32 Å². The largest absolute Gasteiger partial charge is 0.356 e. The zero-order chi connectivity index (χ0) is 21.7. The average molecular weight is 458 g/mol. The van der Waals surface area contributed by atoms with Crippen molar-refractivity contribution in [3.8, 4) is 0 Å². The Hall–Kier alpha value is -1.71. The highest BCUT2D eigenvalue weighted by molar-refractivity contribution is 7.89. The van der Waals surface area contributed by atoms with Crippen LogP contribution in [0.15, 0.2) is 23.1 Å². The molecule has 1 saturated heterocycles. The van der Waals surface area contributed by atoms with Gasteiger partial charge in [-0.3, -0.25) is 14.9 Å². The van der Waals surface area contributed by atoms with E-state index in [1.807, 2.05) is 0 Å². The van der Waals surface area contributed by atoms with Crippen molar-refractivity contribution in [1.29, 1.82) is 0 Å². The molecule has 0 spiro atoms. The van der Waals surface area contributed by atoms with E-state index in [-0.39, 0.29) is 34.2 Å². The monoisotopic (exact) mass is 457 g/mol. The fourth-order valence-electron chi connectivity index (χ4n) is 4.23. The van der Waals surface area contributed by atoms with Gasteiger partial charge in [0.05, 0.1) is 9.82 Å². The highest BCUT2D eigenvalue weighted by Gasteiger charge is 2.34. The minimum Gasteiger partial charge on any atom is -0.356 e. The van der Waals surface area contributed by atoms with E-state index in [9.17, 15) is 23.3 Å². The first-order valence-electron chi connectivity index (χ1n) is 10.5. The molecule has 0 bridgehead atoms. The predicted molar refractivity (Wildman–Crippen MR) is 114 cm³/mol. The quantitative estimate of drug-likeness (QED) is 0.516. The normalized spacial score (nSPS) is 21.7. The fourth-order valence-corrected chi connectivity index (χ4v) is 5.97. The summed E-state index contributed by atoms with van der Waals surface area (Å²) in [4.78, 5) is 22.8. The summed E-state index contributed by atoms with van der Waals surface area (Å²) in [7, 11) is -3.85. The predicted octanol–water partition coefficient (Wildman–Crippen LogP) is 3.74. The number of halogens is 1. The summed E-state index contributed by atoms with van der Waals surface area (Å²) in [6, 6.07) is 3.52. The Bertz CT molecular complexity index is 884. The second kappa shape index (κ2) is 10.1. The lowest BCUT2D eigenvalue weighted by molar-refractivity contribution is -0.384. The first kappa shape index (κ1) is 23.0. The molecule has 1 saturated carbocycles. The summed E-state index contributed by atoms with van der Waals surface area (Å²) in [5.41, 5.74) is -0.431. The minimum atomic E-state index is -3.85. The molecule has 0 aromatic heterocycles. The number of rotatable bonds is 6. The average Bonchev–Trinajstić information content (AvgIpc) is 3.16. The van der Waals surface area contributed by atoms with Gasteiger partial charge in [0.2, 0.25) is 15.9 Å². The van der Waals surface area contributed by atoms with Gasteiger partial charge in [-0.2, -0.15) is 4.31 Å². The van der Waals surface area contributed by atoms with Crippen molar-refractivity contribution in [3.63, 3.8) is 0 Å². The van der Waals surface area contributed by atoms with E-state index in [2.05, 4.69) is 5.32 Å². The fraction of sp³-hybridized carbons (Fsp3) is 0.650. The van der Waals surface area contributed by atoms with Gasteiger partial charge in [-0.15, -0.1) is 0 Å². The summed E-state index contributed by atoms with van der Waals surface area (Å²) in [5, 5.41) is 14.0. The van der Waals surface area contributed by atoms with Crippen LogP contribution in [0.1, 0.15) is 51.4 Å². The molecular formula is C20H28ClN3O5S. The van der Waals surface area contributed by atoms with E-state index in [4.69, 9.17) is 11.6 Å². The van der Waals surface area contributed by atoms with E-state index < -0.39 is 20.6 Å². The molecule has 1 N–H and O–H groups in total. The first-order chi connectivity index (χ1) is 14.3. The summed E-state index contributed by atoms with van der Waals surface area (Å²) in [6.45, 7) is 1.05. The molecule has 1 aliphatic carbocycles. The Morgan fingerprint density at radius 2 is 1.83 bits per heavy atom. The van der Waals surface area contributed by atoms with Gasteiger partial charge in [-0.25, -0.2) is 8.42 Å². The molecule has 1 unspecified atom stereocenters. The van der Waals surface area contributed by atoms with Crippen LogP contribution in [0.25, 0.3) is 0 Å². The van der Waals surface area contributed by atoms with Crippen molar-refractivity contribution in [2.45, 2.75) is 56.3 Å². The highest BCUT2D eigenvalue weighted by atomic mass is 35.5. The minimum absolute atomic E-state index is 0.0274. The Morgan fingerprint density at radius 1 is 1.17 bits per heavy atom. The number of nitro groups is 1. The molecule has 10 heteroatoms. The number of nitrogens with zero attached hydrogens (tertiary/aromatic N) is 2. The third kappa shape index (κ3) is 5.50. The van der Waals surface area contributed by atoms with E-state index in [0.29, 0.717) is 19.5 Å². The van der Waals surface area contributed by atoms with E-state index >= 15 is 0 Å². The molecule has 1 aromatic carbocycles. The number of nitrogens with one attached hydrogen (secondary N) is 1. The topological polar surface area (TPSA) is 110 Å². The molecule has 1 amide bonds. The molecule has 8 nitrogen and oxygen atoms in total.